The minimum atomic E-state index is 0.551. The van der Waals surface area contributed by atoms with Gasteiger partial charge in [0.25, 0.3) is 0 Å². The number of rotatable bonds is 8. The van der Waals surface area contributed by atoms with Crippen molar-refractivity contribution >= 4 is 0 Å². The lowest BCUT2D eigenvalue weighted by atomic mass is 10.2. The third kappa shape index (κ3) is 4.93. The minimum absolute atomic E-state index is 0.551. The number of para-hydroxylation sites is 1. The number of methoxy groups -OCH3 is 1. The van der Waals surface area contributed by atoms with E-state index in [1.807, 2.05) is 37.3 Å². The van der Waals surface area contributed by atoms with Crippen molar-refractivity contribution < 1.29 is 9.47 Å². The highest BCUT2D eigenvalue weighted by atomic mass is 16.5. The Morgan fingerprint density at radius 1 is 1.05 bits per heavy atom. The van der Waals surface area contributed by atoms with Gasteiger partial charge in [0.05, 0.1) is 7.11 Å². The molecule has 3 heteroatoms. The topological polar surface area (TPSA) is 30.5 Å². The summed E-state index contributed by atoms with van der Waals surface area (Å²) in [4.78, 5) is 0. The molecule has 0 spiro atoms. The Balaban J connectivity index is 1.89. The summed E-state index contributed by atoms with van der Waals surface area (Å²) in [6.45, 7) is 7.95. The Morgan fingerprint density at radius 3 is 2.45 bits per heavy atom. The van der Waals surface area contributed by atoms with Crippen LogP contribution in [-0.4, -0.2) is 13.7 Å². The molecule has 0 atom stereocenters. The molecule has 0 saturated carbocycles. The van der Waals surface area contributed by atoms with Crippen LogP contribution < -0.4 is 14.8 Å². The van der Waals surface area contributed by atoms with Gasteiger partial charge >= 0.3 is 0 Å². The summed E-state index contributed by atoms with van der Waals surface area (Å²) in [6.07, 6.45) is 0. The minimum Gasteiger partial charge on any atom is -0.497 e. The lowest BCUT2D eigenvalue weighted by molar-refractivity contribution is 0.347. The van der Waals surface area contributed by atoms with Crippen molar-refractivity contribution in [1.29, 1.82) is 0 Å². The molecule has 0 saturated heterocycles. The molecule has 2 aromatic carbocycles. The van der Waals surface area contributed by atoms with Gasteiger partial charge in [-0.1, -0.05) is 36.9 Å². The van der Waals surface area contributed by atoms with E-state index in [0.29, 0.717) is 6.61 Å². The van der Waals surface area contributed by atoms with Crippen LogP contribution in [0.15, 0.2) is 60.7 Å². The van der Waals surface area contributed by atoms with Crippen LogP contribution in [0.25, 0.3) is 0 Å². The molecule has 116 valence electrons. The van der Waals surface area contributed by atoms with Crippen molar-refractivity contribution in [3.8, 4) is 11.5 Å². The van der Waals surface area contributed by atoms with Crippen LogP contribution in [-0.2, 0) is 13.1 Å². The van der Waals surface area contributed by atoms with Crippen LogP contribution in [0.5, 0.6) is 11.5 Å². The first-order chi connectivity index (χ1) is 10.7. The van der Waals surface area contributed by atoms with Crippen LogP contribution >= 0.6 is 0 Å². The van der Waals surface area contributed by atoms with Gasteiger partial charge in [-0.25, -0.2) is 0 Å². The maximum atomic E-state index is 5.78. The van der Waals surface area contributed by atoms with E-state index in [4.69, 9.17) is 9.47 Å². The van der Waals surface area contributed by atoms with Gasteiger partial charge in [-0.3, -0.25) is 0 Å². The quantitative estimate of drug-likeness (QED) is 0.749. The second-order valence-electron chi connectivity index (χ2n) is 5.31. The Bertz CT molecular complexity index is 605. The Kier molecular flexibility index (Phi) is 6.04. The van der Waals surface area contributed by atoms with Crippen molar-refractivity contribution in [2.45, 2.75) is 20.0 Å². The fraction of sp³-hybridized carbons (Fsp3) is 0.263. The van der Waals surface area contributed by atoms with Gasteiger partial charge in [0.15, 0.2) is 0 Å². The van der Waals surface area contributed by atoms with Crippen molar-refractivity contribution in [1.82, 2.24) is 5.32 Å². The van der Waals surface area contributed by atoms with Crippen LogP contribution in [0.3, 0.4) is 0 Å². The van der Waals surface area contributed by atoms with Crippen molar-refractivity contribution in [3.63, 3.8) is 0 Å². The van der Waals surface area contributed by atoms with Gasteiger partial charge in [0.1, 0.15) is 18.1 Å². The van der Waals surface area contributed by atoms with E-state index in [9.17, 15) is 0 Å². The second kappa shape index (κ2) is 8.25. The van der Waals surface area contributed by atoms with Gasteiger partial charge in [-0.05, 0) is 36.3 Å². The smallest absolute Gasteiger partial charge is 0.124 e. The number of nitrogens with one attached hydrogen (secondary N) is 1. The molecule has 0 fully saturated rings. The molecule has 0 aliphatic carbocycles. The molecular formula is C19H23NO2. The standard InChI is InChI=1S/C19H23NO2/c1-15(2)14-22-19-7-5-4-6-17(19)13-20-12-16-8-10-18(21-3)11-9-16/h4-11,20H,1,12-14H2,2-3H3. The van der Waals surface area contributed by atoms with E-state index in [0.717, 1.165) is 35.7 Å². The largest absolute Gasteiger partial charge is 0.497 e. The predicted octanol–water partition coefficient (Wildman–Crippen LogP) is 3.94. The summed E-state index contributed by atoms with van der Waals surface area (Å²) >= 11 is 0. The van der Waals surface area contributed by atoms with E-state index in [1.165, 1.54) is 5.56 Å². The van der Waals surface area contributed by atoms with Gasteiger partial charge < -0.3 is 14.8 Å². The highest BCUT2D eigenvalue weighted by Crippen LogP contribution is 2.18. The molecule has 0 radical (unpaired) electrons. The number of hydrogen-bond acceptors (Lipinski definition) is 3. The molecule has 0 amide bonds. The summed E-state index contributed by atoms with van der Waals surface area (Å²) in [6, 6.07) is 16.2. The number of benzene rings is 2. The lowest BCUT2D eigenvalue weighted by Crippen LogP contribution is -2.13. The van der Waals surface area contributed by atoms with Gasteiger partial charge in [0.2, 0.25) is 0 Å². The Labute approximate surface area is 132 Å². The zero-order chi connectivity index (χ0) is 15.8. The molecule has 0 bridgehead atoms. The fourth-order valence-corrected chi connectivity index (χ4v) is 2.08. The maximum absolute atomic E-state index is 5.78. The maximum Gasteiger partial charge on any atom is 0.124 e. The molecular weight excluding hydrogens is 274 g/mol. The SMILES string of the molecule is C=C(C)COc1ccccc1CNCc1ccc(OC)cc1. The summed E-state index contributed by atoms with van der Waals surface area (Å²) < 4.78 is 10.9. The van der Waals surface area contributed by atoms with Crippen molar-refractivity contribution in [2.24, 2.45) is 0 Å². The number of ether oxygens (including phenoxy) is 2. The molecule has 3 nitrogen and oxygen atoms in total. The normalized spacial score (nSPS) is 10.3. The van der Waals surface area contributed by atoms with Crippen molar-refractivity contribution in [3.05, 3.63) is 71.8 Å². The van der Waals surface area contributed by atoms with E-state index >= 15 is 0 Å². The first-order valence-electron chi connectivity index (χ1n) is 7.38. The molecule has 0 aromatic heterocycles. The highest BCUT2D eigenvalue weighted by molar-refractivity contribution is 5.33. The van der Waals surface area contributed by atoms with Crippen LogP contribution in [0, 0.1) is 0 Å². The molecule has 0 aliphatic heterocycles. The number of hydrogen-bond donors (Lipinski definition) is 1. The van der Waals surface area contributed by atoms with E-state index < -0.39 is 0 Å². The second-order valence-corrected chi connectivity index (χ2v) is 5.31. The molecule has 0 unspecified atom stereocenters. The predicted molar refractivity (Wildman–Crippen MR) is 90.3 cm³/mol. The van der Waals surface area contributed by atoms with E-state index in [-0.39, 0.29) is 0 Å². The highest BCUT2D eigenvalue weighted by Gasteiger charge is 2.03. The van der Waals surface area contributed by atoms with E-state index in [1.54, 1.807) is 7.11 Å². The zero-order valence-electron chi connectivity index (χ0n) is 13.3. The first kappa shape index (κ1) is 16.1. The Morgan fingerprint density at radius 2 is 1.77 bits per heavy atom. The van der Waals surface area contributed by atoms with Gasteiger partial charge in [-0.2, -0.15) is 0 Å². The lowest BCUT2D eigenvalue weighted by Gasteiger charge is -2.12. The van der Waals surface area contributed by atoms with Crippen LogP contribution in [0.4, 0.5) is 0 Å². The fourth-order valence-electron chi connectivity index (χ4n) is 2.08. The molecule has 2 aromatic rings. The van der Waals surface area contributed by atoms with Gasteiger partial charge in [0, 0.05) is 18.7 Å². The average Bonchev–Trinajstić information content (AvgIpc) is 2.54. The molecule has 1 N–H and O–H groups in total. The molecule has 0 heterocycles. The summed E-state index contributed by atoms with van der Waals surface area (Å²) in [5.74, 6) is 1.79. The zero-order valence-corrected chi connectivity index (χ0v) is 13.3. The van der Waals surface area contributed by atoms with Crippen LogP contribution in [0.1, 0.15) is 18.1 Å². The molecule has 2 rings (SSSR count). The summed E-state index contributed by atoms with van der Waals surface area (Å²) in [5.41, 5.74) is 3.39. The molecule has 22 heavy (non-hydrogen) atoms. The van der Waals surface area contributed by atoms with Crippen LogP contribution in [0.2, 0.25) is 0 Å². The summed E-state index contributed by atoms with van der Waals surface area (Å²) in [7, 11) is 1.68. The van der Waals surface area contributed by atoms with Gasteiger partial charge in [-0.15, -0.1) is 0 Å². The third-order valence-electron chi connectivity index (χ3n) is 3.25. The molecule has 0 aliphatic rings. The average molecular weight is 297 g/mol. The van der Waals surface area contributed by atoms with Crippen molar-refractivity contribution in [2.75, 3.05) is 13.7 Å². The summed E-state index contributed by atoms with van der Waals surface area (Å²) in [5, 5.41) is 3.44. The monoisotopic (exact) mass is 297 g/mol. The Hall–Kier alpha value is -2.26. The first-order valence-corrected chi connectivity index (χ1v) is 7.38. The van der Waals surface area contributed by atoms with E-state index in [2.05, 4.69) is 30.1 Å². The third-order valence-corrected chi connectivity index (χ3v) is 3.25.